The molecule has 5 heteroatoms. The molecule has 0 atom stereocenters. The number of para-hydroxylation sites is 2. The van der Waals surface area contributed by atoms with Crippen molar-refractivity contribution in [1.82, 2.24) is 14.5 Å². The molecule has 5 rings (SSSR count). The van der Waals surface area contributed by atoms with Crippen molar-refractivity contribution in [3.05, 3.63) is 97.2 Å². The van der Waals surface area contributed by atoms with Gasteiger partial charge in [-0.25, -0.2) is 0 Å². The van der Waals surface area contributed by atoms with E-state index in [1.807, 2.05) is 72.8 Å². The minimum absolute atomic E-state index is 0. The molecule has 0 saturated heterocycles. The molecule has 0 N–H and O–H groups in total. The topological polar surface area (TPSA) is 39.9 Å². The van der Waals surface area contributed by atoms with E-state index in [1.165, 1.54) is 0 Å². The van der Waals surface area contributed by atoms with Crippen LogP contribution in [0.15, 0.2) is 85.1 Å². The van der Waals surface area contributed by atoms with Gasteiger partial charge < -0.3 is 14.3 Å². The SMILES string of the molecule is CC(C)n1c(-c2[c-]c(Oc3[c-]c(-c4ccccn4)ccc3)ccc2)nc2ccccc21.[Pd+2]. The fourth-order valence-electron chi connectivity index (χ4n) is 3.69. The molecule has 0 aliphatic carbocycles. The molecular weight excluding hydrogens is 489 g/mol. The summed E-state index contributed by atoms with van der Waals surface area (Å²) >= 11 is 0. The van der Waals surface area contributed by atoms with Crippen LogP contribution in [0.5, 0.6) is 11.5 Å². The predicted octanol–water partition coefficient (Wildman–Crippen LogP) is 6.74. The molecule has 0 unspecified atom stereocenters. The largest absolute Gasteiger partial charge is 2.00 e. The van der Waals surface area contributed by atoms with Crippen LogP contribution in [0.2, 0.25) is 0 Å². The van der Waals surface area contributed by atoms with Gasteiger partial charge >= 0.3 is 20.4 Å². The average Bonchev–Trinajstić information content (AvgIpc) is 3.20. The van der Waals surface area contributed by atoms with Crippen molar-refractivity contribution >= 4 is 11.0 Å². The van der Waals surface area contributed by atoms with Crippen LogP contribution >= 0.6 is 0 Å². The predicted molar refractivity (Wildman–Crippen MR) is 123 cm³/mol. The smallest absolute Gasteiger partial charge is 0.497 e. The second-order valence-corrected chi connectivity index (χ2v) is 7.56. The maximum absolute atomic E-state index is 6.10. The summed E-state index contributed by atoms with van der Waals surface area (Å²) < 4.78 is 8.34. The van der Waals surface area contributed by atoms with E-state index in [-0.39, 0.29) is 26.5 Å². The summed E-state index contributed by atoms with van der Waals surface area (Å²) in [7, 11) is 0. The van der Waals surface area contributed by atoms with E-state index in [0.29, 0.717) is 11.5 Å². The Morgan fingerprint density at radius 1 is 0.781 bits per heavy atom. The normalized spacial score (nSPS) is 10.8. The average molecular weight is 510 g/mol. The zero-order chi connectivity index (χ0) is 21.2. The fraction of sp³-hybridized carbons (Fsp3) is 0.111. The van der Waals surface area contributed by atoms with Crippen molar-refractivity contribution in [2.24, 2.45) is 0 Å². The van der Waals surface area contributed by atoms with E-state index in [4.69, 9.17) is 9.72 Å². The number of benzene rings is 3. The summed E-state index contributed by atoms with van der Waals surface area (Å²) in [6.07, 6.45) is 1.77. The van der Waals surface area contributed by atoms with E-state index in [2.05, 4.69) is 41.6 Å². The summed E-state index contributed by atoms with van der Waals surface area (Å²) in [5.41, 5.74) is 4.72. The van der Waals surface area contributed by atoms with Gasteiger partial charge in [0.05, 0.1) is 16.9 Å². The van der Waals surface area contributed by atoms with Crippen molar-refractivity contribution in [1.29, 1.82) is 0 Å². The molecule has 5 aromatic rings. The maximum atomic E-state index is 6.10. The molecule has 0 fully saturated rings. The van der Waals surface area contributed by atoms with Crippen molar-refractivity contribution < 1.29 is 25.2 Å². The first-order valence-corrected chi connectivity index (χ1v) is 10.3. The Hall–Kier alpha value is -3.26. The van der Waals surface area contributed by atoms with Gasteiger partial charge in [-0.2, -0.15) is 0 Å². The second kappa shape index (κ2) is 9.48. The molecule has 32 heavy (non-hydrogen) atoms. The molecule has 0 spiro atoms. The number of hydrogen-bond donors (Lipinski definition) is 0. The standard InChI is InChI=1S/C27H21N3O.Pd/c1-19(2)30-26-15-4-3-14-25(26)29-27(30)21-10-8-12-23(18-21)31-22-11-7-9-20(17-22)24-13-5-6-16-28-24;/h3-16,19H,1-2H3;/q-2;+2. The second-order valence-electron chi connectivity index (χ2n) is 7.56. The molecule has 160 valence electrons. The molecule has 2 heterocycles. The number of imidazole rings is 1. The molecule has 4 nitrogen and oxygen atoms in total. The third kappa shape index (κ3) is 4.36. The van der Waals surface area contributed by atoms with E-state index in [9.17, 15) is 0 Å². The van der Waals surface area contributed by atoms with Crippen LogP contribution in [0.4, 0.5) is 0 Å². The molecule has 3 aromatic carbocycles. The molecule has 0 saturated carbocycles. The molecule has 0 bridgehead atoms. The van der Waals surface area contributed by atoms with Gasteiger partial charge in [-0.05, 0) is 37.7 Å². The Bertz CT molecular complexity index is 1350. The molecule has 0 aliphatic rings. The van der Waals surface area contributed by atoms with Gasteiger partial charge in [0, 0.05) is 23.7 Å². The van der Waals surface area contributed by atoms with Gasteiger partial charge in [0.15, 0.2) is 0 Å². The quantitative estimate of drug-likeness (QED) is 0.195. The summed E-state index contributed by atoms with van der Waals surface area (Å²) in [5, 5.41) is 0. The summed E-state index contributed by atoms with van der Waals surface area (Å²) in [5.74, 6) is 2.12. The summed E-state index contributed by atoms with van der Waals surface area (Å²) in [4.78, 5) is 9.26. The number of rotatable bonds is 5. The zero-order valence-corrected chi connectivity index (χ0v) is 19.3. The first-order chi connectivity index (χ1) is 15.2. The first-order valence-electron chi connectivity index (χ1n) is 10.3. The van der Waals surface area contributed by atoms with E-state index in [0.717, 1.165) is 33.7 Å². The van der Waals surface area contributed by atoms with E-state index < -0.39 is 0 Å². The number of aromatic nitrogens is 3. The van der Waals surface area contributed by atoms with E-state index >= 15 is 0 Å². The minimum atomic E-state index is 0. The van der Waals surface area contributed by atoms with Crippen LogP contribution in [0.1, 0.15) is 19.9 Å². The first kappa shape index (κ1) is 22.0. The molecular formula is C27H21N3OPd. The van der Waals surface area contributed by atoms with Crippen LogP contribution in [0.25, 0.3) is 33.7 Å². The summed E-state index contributed by atoms with van der Waals surface area (Å²) in [6, 6.07) is 32.6. The Kier molecular flexibility index (Phi) is 6.51. The minimum Gasteiger partial charge on any atom is -0.497 e. The summed E-state index contributed by atoms with van der Waals surface area (Å²) in [6.45, 7) is 4.33. The maximum Gasteiger partial charge on any atom is 2.00 e. The number of pyridine rings is 1. The van der Waals surface area contributed by atoms with Gasteiger partial charge in [0.1, 0.15) is 0 Å². The van der Waals surface area contributed by atoms with Crippen molar-refractivity contribution in [3.8, 4) is 34.1 Å². The van der Waals surface area contributed by atoms with Crippen LogP contribution in [0, 0.1) is 12.1 Å². The van der Waals surface area contributed by atoms with Crippen LogP contribution in [-0.4, -0.2) is 14.5 Å². The van der Waals surface area contributed by atoms with Gasteiger partial charge in [-0.1, -0.05) is 36.4 Å². The number of ether oxygens (including phenoxy) is 1. The van der Waals surface area contributed by atoms with Crippen LogP contribution in [0.3, 0.4) is 0 Å². The third-order valence-corrected chi connectivity index (χ3v) is 5.05. The number of nitrogens with zero attached hydrogens (tertiary/aromatic N) is 3. The van der Waals surface area contributed by atoms with Gasteiger partial charge in [-0.15, -0.1) is 47.5 Å². The van der Waals surface area contributed by atoms with Gasteiger partial charge in [-0.3, -0.25) is 4.98 Å². The molecule has 2 aromatic heterocycles. The third-order valence-electron chi connectivity index (χ3n) is 5.05. The van der Waals surface area contributed by atoms with Crippen LogP contribution in [-0.2, 0) is 20.4 Å². The zero-order valence-electron chi connectivity index (χ0n) is 17.7. The Morgan fingerprint density at radius 2 is 1.47 bits per heavy atom. The van der Waals surface area contributed by atoms with Crippen LogP contribution < -0.4 is 4.74 Å². The molecule has 0 amide bonds. The number of fused-ring (bicyclic) bond motifs is 1. The van der Waals surface area contributed by atoms with Crippen molar-refractivity contribution in [2.45, 2.75) is 19.9 Å². The Balaban J connectivity index is 0.00000245. The van der Waals surface area contributed by atoms with E-state index in [1.54, 1.807) is 6.20 Å². The Morgan fingerprint density at radius 3 is 2.19 bits per heavy atom. The Labute approximate surface area is 201 Å². The molecule has 0 aliphatic heterocycles. The van der Waals surface area contributed by atoms with Gasteiger partial charge in [0.2, 0.25) is 0 Å². The number of hydrogen-bond acceptors (Lipinski definition) is 3. The van der Waals surface area contributed by atoms with Crippen molar-refractivity contribution in [2.75, 3.05) is 0 Å². The monoisotopic (exact) mass is 509 g/mol. The van der Waals surface area contributed by atoms with Gasteiger partial charge in [0.25, 0.3) is 0 Å². The molecule has 0 radical (unpaired) electrons. The fourth-order valence-corrected chi connectivity index (χ4v) is 3.69. The van der Waals surface area contributed by atoms with Crippen molar-refractivity contribution in [3.63, 3.8) is 0 Å².